The molecule has 134 valence electrons. The lowest BCUT2D eigenvalue weighted by atomic mass is 10.1. The van der Waals surface area contributed by atoms with Gasteiger partial charge in [-0.05, 0) is 54.7 Å². The van der Waals surface area contributed by atoms with Crippen LogP contribution in [0, 0.1) is 15.6 Å². The van der Waals surface area contributed by atoms with Crippen LogP contribution in [0.5, 0.6) is 5.75 Å². The number of methoxy groups -OCH3 is 1. The van der Waals surface area contributed by atoms with Crippen LogP contribution in [-0.2, 0) is 0 Å². The van der Waals surface area contributed by atoms with Crippen LogP contribution in [0.15, 0.2) is 46.8 Å². The molecule has 9 heteroatoms. The molecule has 0 spiro atoms. The van der Waals surface area contributed by atoms with Gasteiger partial charge in [0.25, 0.3) is 0 Å². The van der Waals surface area contributed by atoms with E-state index in [0.29, 0.717) is 19.7 Å². The third kappa shape index (κ3) is 4.17. The number of ketones is 1. The molecule has 0 amide bonds. The summed E-state index contributed by atoms with van der Waals surface area (Å²) >= 11 is 7.72. The number of Topliss-reactive ketones (excluding diaryl/α,β-unsaturated/α-hetero) is 1. The van der Waals surface area contributed by atoms with E-state index < -0.39 is 5.82 Å². The van der Waals surface area contributed by atoms with Crippen molar-refractivity contribution in [3.63, 3.8) is 0 Å². The van der Waals surface area contributed by atoms with Gasteiger partial charge in [0, 0.05) is 0 Å². The normalized spacial score (nSPS) is 10.7. The number of benzene rings is 2. The summed E-state index contributed by atoms with van der Waals surface area (Å²) in [5, 5.41) is 4.35. The summed E-state index contributed by atoms with van der Waals surface area (Å²) in [6.45, 7) is 0. The summed E-state index contributed by atoms with van der Waals surface area (Å²) in [6.07, 6.45) is 0. The van der Waals surface area contributed by atoms with E-state index in [9.17, 15) is 13.6 Å². The van der Waals surface area contributed by atoms with Crippen molar-refractivity contribution in [3.8, 4) is 11.4 Å². The smallest absolute Gasteiger partial charge is 0.184 e. The molecule has 0 unspecified atom stereocenters. The highest BCUT2D eigenvalue weighted by molar-refractivity contribution is 8.01. The van der Waals surface area contributed by atoms with Crippen LogP contribution in [-0.4, -0.2) is 28.4 Å². The van der Waals surface area contributed by atoms with Gasteiger partial charge in [0.1, 0.15) is 17.4 Å². The van der Waals surface area contributed by atoms with Crippen LogP contribution in [0.25, 0.3) is 5.69 Å². The first-order valence-electron chi connectivity index (χ1n) is 7.33. The molecule has 3 rings (SSSR count). The van der Waals surface area contributed by atoms with Crippen LogP contribution < -0.4 is 4.74 Å². The summed E-state index contributed by atoms with van der Waals surface area (Å²) in [6, 6.07) is 9.59. The molecule has 26 heavy (non-hydrogen) atoms. The van der Waals surface area contributed by atoms with Crippen molar-refractivity contribution in [2.45, 2.75) is 4.34 Å². The van der Waals surface area contributed by atoms with E-state index in [-0.39, 0.29) is 22.9 Å². The van der Waals surface area contributed by atoms with Gasteiger partial charge in [-0.1, -0.05) is 23.1 Å². The maximum absolute atomic E-state index is 13.4. The van der Waals surface area contributed by atoms with Gasteiger partial charge >= 0.3 is 0 Å². The van der Waals surface area contributed by atoms with Gasteiger partial charge in [-0.25, -0.2) is 13.5 Å². The Kier molecular flexibility index (Phi) is 5.80. The minimum absolute atomic E-state index is 0.0610. The Bertz CT molecular complexity index is 1000. The number of rotatable bonds is 6. The van der Waals surface area contributed by atoms with E-state index in [1.165, 1.54) is 59.2 Å². The summed E-state index contributed by atoms with van der Waals surface area (Å²) in [4.78, 5) is 12.4. The predicted octanol–water partition coefficient (Wildman–Crippen LogP) is 4.93. The summed E-state index contributed by atoms with van der Waals surface area (Å²) in [7, 11) is 1.42. The van der Waals surface area contributed by atoms with Crippen LogP contribution in [0.2, 0.25) is 0 Å². The Labute approximate surface area is 161 Å². The first-order valence-corrected chi connectivity index (χ1v) is 9.54. The fraction of sp³-hybridized carbons (Fsp3) is 0.118. The molecule has 3 aromatic rings. The van der Waals surface area contributed by atoms with Gasteiger partial charge < -0.3 is 4.74 Å². The summed E-state index contributed by atoms with van der Waals surface area (Å²) in [5.41, 5.74) is 0.819. The lowest BCUT2D eigenvalue weighted by Crippen LogP contribution is -2.05. The van der Waals surface area contributed by atoms with Gasteiger partial charge in [-0.2, -0.15) is 0 Å². The Morgan fingerprint density at radius 1 is 1.23 bits per heavy atom. The molecule has 2 aromatic carbocycles. The average Bonchev–Trinajstić information content (AvgIpc) is 3.01. The van der Waals surface area contributed by atoms with E-state index in [0.717, 1.165) is 6.07 Å². The Balaban J connectivity index is 1.76. The van der Waals surface area contributed by atoms with Gasteiger partial charge in [0.15, 0.2) is 14.1 Å². The van der Waals surface area contributed by atoms with Gasteiger partial charge in [-0.3, -0.25) is 4.79 Å². The van der Waals surface area contributed by atoms with Gasteiger partial charge in [0.05, 0.1) is 24.1 Å². The van der Waals surface area contributed by atoms with Gasteiger partial charge in [0.2, 0.25) is 0 Å². The fourth-order valence-electron chi connectivity index (χ4n) is 2.17. The van der Waals surface area contributed by atoms with Crippen molar-refractivity contribution in [3.05, 3.63) is 63.6 Å². The fourth-order valence-corrected chi connectivity index (χ4v) is 4.41. The number of nitrogens with zero attached hydrogens (tertiary/aromatic N) is 2. The van der Waals surface area contributed by atoms with E-state index in [1.54, 1.807) is 12.1 Å². The highest BCUT2D eigenvalue weighted by Crippen LogP contribution is 2.27. The highest BCUT2D eigenvalue weighted by atomic mass is 32.2. The van der Waals surface area contributed by atoms with E-state index in [2.05, 4.69) is 5.10 Å². The van der Waals surface area contributed by atoms with Crippen molar-refractivity contribution >= 4 is 41.1 Å². The largest absolute Gasteiger partial charge is 0.496 e. The number of aromatic nitrogens is 2. The van der Waals surface area contributed by atoms with Crippen molar-refractivity contribution in [1.29, 1.82) is 0 Å². The summed E-state index contributed by atoms with van der Waals surface area (Å²) < 4.78 is 34.1. The number of hydrogen-bond donors (Lipinski definition) is 0. The Morgan fingerprint density at radius 2 is 1.92 bits per heavy atom. The molecule has 1 aromatic heterocycles. The zero-order chi connectivity index (χ0) is 18.7. The van der Waals surface area contributed by atoms with E-state index in [4.69, 9.17) is 17.0 Å². The molecule has 0 saturated carbocycles. The highest BCUT2D eigenvalue weighted by Gasteiger charge is 2.15. The quantitative estimate of drug-likeness (QED) is 0.328. The molecule has 0 atom stereocenters. The molecule has 0 aliphatic rings. The monoisotopic (exact) mass is 410 g/mol. The zero-order valence-corrected chi connectivity index (χ0v) is 15.9. The van der Waals surface area contributed by atoms with Crippen LogP contribution in [0.1, 0.15) is 10.4 Å². The van der Waals surface area contributed by atoms with E-state index >= 15 is 0 Å². The minimum atomic E-state index is -0.504. The topological polar surface area (TPSA) is 44.1 Å². The molecule has 0 bridgehead atoms. The first-order chi connectivity index (χ1) is 12.5. The second-order valence-electron chi connectivity index (χ2n) is 5.08. The average molecular weight is 410 g/mol. The number of halogens is 2. The number of hydrogen-bond acceptors (Lipinski definition) is 6. The van der Waals surface area contributed by atoms with E-state index in [1.807, 2.05) is 0 Å². The zero-order valence-electron chi connectivity index (χ0n) is 13.4. The maximum Gasteiger partial charge on any atom is 0.184 e. The standard InChI is InChI=1S/C17H12F2N2O2S3/c1-23-15-7-4-11(19)8-13(15)14(22)9-25-16-20-21(17(24)26-16)12-5-2-10(18)3-6-12/h2-8H,9H2,1H3. The third-order valence-corrected chi connectivity index (χ3v) is 5.75. The first kappa shape index (κ1) is 18.7. The Hall–Kier alpha value is -2.10. The molecule has 0 fully saturated rings. The van der Waals surface area contributed by atoms with Crippen LogP contribution in [0.3, 0.4) is 0 Å². The molecule has 0 N–H and O–H groups in total. The number of carbonyl (C=O) groups is 1. The minimum Gasteiger partial charge on any atom is -0.496 e. The molecule has 0 aliphatic carbocycles. The molecule has 0 aliphatic heterocycles. The van der Waals surface area contributed by atoms with Crippen molar-refractivity contribution in [2.75, 3.05) is 12.9 Å². The SMILES string of the molecule is COc1ccc(F)cc1C(=O)CSc1nn(-c2ccc(F)cc2)c(=S)s1. The number of ether oxygens (including phenoxy) is 1. The molecular weight excluding hydrogens is 398 g/mol. The van der Waals surface area contributed by atoms with Gasteiger partial charge in [-0.15, -0.1) is 5.10 Å². The Morgan fingerprint density at radius 3 is 2.62 bits per heavy atom. The molecule has 4 nitrogen and oxygen atoms in total. The maximum atomic E-state index is 13.4. The molecule has 1 heterocycles. The second kappa shape index (κ2) is 8.07. The lowest BCUT2D eigenvalue weighted by Gasteiger charge is -2.06. The number of thioether (sulfide) groups is 1. The van der Waals surface area contributed by atoms with Crippen molar-refractivity contribution in [1.82, 2.24) is 9.78 Å². The predicted molar refractivity (Wildman–Crippen MR) is 100 cm³/mol. The lowest BCUT2D eigenvalue weighted by molar-refractivity contribution is 0.101. The van der Waals surface area contributed by atoms with Crippen molar-refractivity contribution < 1.29 is 18.3 Å². The molecule has 0 saturated heterocycles. The summed E-state index contributed by atoms with van der Waals surface area (Å²) in [5.74, 6) is -0.747. The van der Waals surface area contributed by atoms with Crippen LogP contribution in [0.4, 0.5) is 8.78 Å². The second-order valence-corrected chi connectivity index (χ2v) is 7.92. The van der Waals surface area contributed by atoms with Crippen LogP contribution >= 0.6 is 35.3 Å². The van der Waals surface area contributed by atoms with Crippen molar-refractivity contribution in [2.24, 2.45) is 0 Å². The molecular formula is C17H12F2N2O2S3. The molecule has 0 radical (unpaired) electrons. The number of carbonyl (C=O) groups excluding carboxylic acids is 1. The third-order valence-electron chi connectivity index (χ3n) is 3.39.